The molecule has 0 bridgehead atoms. The zero-order valence-electron chi connectivity index (χ0n) is 14.9. The maximum absolute atomic E-state index is 12.3. The Balaban J connectivity index is 1.70. The van der Waals surface area contributed by atoms with Crippen molar-refractivity contribution < 1.29 is 4.79 Å². The van der Waals surface area contributed by atoms with Crippen molar-refractivity contribution in [1.29, 1.82) is 0 Å². The van der Waals surface area contributed by atoms with Crippen LogP contribution in [-0.4, -0.2) is 43.6 Å². The van der Waals surface area contributed by atoms with Crippen LogP contribution in [-0.2, 0) is 13.6 Å². The summed E-state index contributed by atoms with van der Waals surface area (Å²) in [6.07, 6.45) is 3.27. The van der Waals surface area contributed by atoms with Crippen molar-refractivity contribution in [2.45, 2.75) is 26.4 Å². The Morgan fingerprint density at radius 2 is 1.96 bits per heavy atom. The number of aryl methyl sites for hydroxylation is 1. The summed E-state index contributed by atoms with van der Waals surface area (Å²) in [4.78, 5) is 22.6. The minimum Gasteiger partial charge on any atom is -0.365 e. The highest BCUT2D eigenvalue weighted by molar-refractivity contribution is 5.94. The van der Waals surface area contributed by atoms with Gasteiger partial charge in [-0.3, -0.25) is 9.48 Å². The standard InChI is InChI=1S/C18H22N6O/c1-12(2)23(3)18(25)14-7-5-13(6-8-14)9-19-16-15-10-22-24(4)17(15)21-11-20-16/h5-8,10-12H,9H2,1-4H3,(H,19,20,21). The van der Waals surface area contributed by atoms with Crippen LogP contribution in [0.1, 0.15) is 29.8 Å². The smallest absolute Gasteiger partial charge is 0.253 e. The maximum Gasteiger partial charge on any atom is 0.253 e. The van der Waals surface area contributed by atoms with Gasteiger partial charge in [0.2, 0.25) is 0 Å². The number of amides is 1. The average Bonchev–Trinajstić information content (AvgIpc) is 3.01. The van der Waals surface area contributed by atoms with Gasteiger partial charge in [-0.05, 0) is 31.5 Å². The summed E-state index contributed by atoms with van der Waals surface area (Å²) in [5, 5.41) is 8.40. The predicted molar refractivity (Wildman–Crippen MR) is 97.3 cm³/mol. The lowest BCUT2D eigenvalue weighted by Crippen LogP contribution is -2.32. The van der Waals surface area contributed by atoms with E-state index < -0.39 is 0 Å². The minimum atomic E-state index is 0.0300. The molecule has 0 aliphatic rings. The molecule has 7 heteroatoms. The monoisotopic (exact) mass is 338 g/mol. The van der Waals surface area contributed by atoms with Crippen LogP contribution in [0, 0.1) is 0 Å². The first-order valence-corrected chi connectivity index (χ1v) is 8.20. The highest BCUT2D eigenvalue weighted by Gasteiger charge is 2.14. The average molecular weight is 338 g/mol. The van der Waals surface area contributed by atoms with Gasteiger partial charge in [-0.15, -0.1) is 0 Å². The fourth-order valence-electron chi connectivity index (χ4n) is 2.49. The quantitative estimate of drug-likeness (QED) is 0.773. The molecule has 130 valence electrons. The molecule has 0 radical (unpaired) electrons. The van der Waals surface area contributed by atoms with Crippen LogP contribution in [0.15, 0.2) is 36.8 Å². The first-order chi connectivity index (χ1) is 12.0. The first kappa shape index (κ1) is 16.9. The van der Waals surface area contributed by atoms with Gasteiger partial charge in [-0.2, -0.15) is 5.10 Å². The molecule has 0 unspecified atom stereocenters. The fraction of sp³-hybridized carbons (Fsp3) is 0.333. The highest BCUT2D eigenvalue weighted by atomic mass is 16.2. The van der Waals surface area contributed by atoms with E-state index in [-0.39, 0.29) is 11.9 Å². The number of nitrogens with zero attached hydrogens (tertiary/aromatic N) is 5. The number of anilines is 1. The van der Waals surface area contributed by atoms with Crippen molar-refractivity contribution in [3.8, 4) is 0 Å². The highest BCUT2D eigenvalue weighted by Crippen LogP contribution is 2.18. The normalized spacial score (nSPS) is 11.1. The summed E-state index contributed by atoms with van der Waals surface area (Å²) in [7, 11) is 3.67. The third-order valence-corrected chi connectivity index (χ3v) is 4.29. The van der Waals surface area contributed by atoms with Gasteiger partial charge in [-0.1, -0.05) is 12.1 Å². The maximum atomic E-state index is 12.3. The molecule has 0 atom stereocenters. The van der Waals surface area contributed by atoms with E-state index in [1.54, 1.807) is 15.8 Å². The van der Waals surface area contributed by atoms with Crippen LogP contribution in [0.5, 0.6) is 0 Å². The van der Waals surface area contributed by atoms with Crippen LogP contribution in [0.4, 0.5) is 5.82 Å². The van der Waals surface area contributed by atoms with E-state index in [4.69, 9.17) is 0 Å². The molecule has 1 aromatic carbocycles. The Morgan fingerprint density at radius 1 is 1.24 bits per heavy atom. The number of aromatic nitrogens is 4. The lowest BCUT2D eigenvalue weighted by atomic mass is 10.1. The number of hydrogen-bond donors (Lipinski definition) is 1. The van der Waals surface area contributed by atoms with Crippen molar-refractivity contribution in [3.05, 3.63) is 47.9 Å². The molecule has 3 aromatic rings. The molecule has 1 amide bonds. The third-order valence-electron chi connectivity index (χ3n) is 4.29. The van der Waals surface area contributed by atoms with Crippen LogP contribution in [0.2, 0.25) is 0 Å². The van der Waals surface area contributed by atoms with Crippen molar-refractivity contribution in [2.75, 3.05) is 12.4 Å². The van der Waals surface area contributed by atoms with Gasteiger partial charge in [0.25, 0.3) is 5.91 Å². The zero-order valence-corrected chi connectivity index (χ0v) is 14.9. The molecule has 7 nitrogen and oxygen atoms in total. The molecular weight excluding hydrogens is 316 g/mol. The zero-order chi connectivity index (χ0) is 18.0. The van der Waals surface area contributed by atoms with E-state index in [0.717, 1.165) is 22.4 Å². The summed E-state index contributed by atoms with van der Waals surface area (Å²) in [6.45, 7) is 4.60. The van der Waals surface area contributed by atoms with E-state index in [9.17, 15) is 4.79 Å². The molecule has 0 saturated carbocycles. The van der Waals surface area contributed by atoms with Crippen LogP contribution in [0.25, 0.3) is 11.0 Å². The number of benzene rings is 1. The van der Waals surface area contributed by atoms with E-state index in [0.29, 0.717) is 12.1 Å². The number of rotatable bonds is 5. The molecule has 3 rings (SSSR count). The van der Waals surface area contributed by atoms with Crippen molar-refractivity contribution >= 4 is 22.8 Å². The minimum absolute atomic E-state index is 0.0300. The second-order valence-electron chi connectivity index (χ2n) is 6.29. The number of fused-ring (bicyclic) bond motifs is 1. The molecule has 2 aromatic heterocycles. The van der Waals surface area contributed by atoms with Gasteiger partial charge in [0, 0.05) is 32.2 Å². The van der Waals surface area contributed by atoms with Gasteiger partial charge in [0.15, 0.2) is 5.65 Å². The molecule has 0 aliphatic heterocycles. The van der Waals surface area contributed by atoms with E-state index in [2.05, 4.69) is 20.4 Å². The molecule has 2 heterocycles. The Labute approximate surface area is 146 Å². The molecule has 25 heavy (non-hydrogen) atoms. The van der Waals surface area contributed by atoms with Crippen LogP contribution >= 0.6 is 0 Å². The Bertz CT molecular complexity index is 884. The van der Waals surface area contributed by atoms with Crippen molar-refractivity contribution in [2.24, 2.45) is 7.05 Å². The Kier molecular flexibility index (Phi) is 4.65. The van der Waals surface area contributed by atoms with Crippen molar-refractivity contribution in [3.63, 3.8) is 0 Å². The Hall–Kier alpha value is -2.96. The largest absolute Gasteiger partial charge is 0.365 e. The summed E-state index contributed by atoms with van der Waals surface area (Å²) < 4.78 is 1.72. The van der Waals surface area contributed by atoms with Crippen LogP contribution < -0.4 is 5.32 Å². The Morgan fingerprint density at radius 3 is 2.64 bits per heavy atom. The van der Waals surface area contributed by atoms with Gasteiger partial charge in [0.1, 0.15) is 12.1 Å². The van der Waals surface area contributed by atoms with Gasteiger partial charge < -0.3 is 10.2 Å². The van der Waals surface area contributed by atoms with Crippen molar-refractivity contribution in [1.82, 2.24) is 24.6 Å². The van der Waals surface area contributed by atoms with Gasteiger partial charge in [0.05, 0.1) is 11.6 Å². The van der Waals surface area contributed by atoms with Crippen LogP contribution in [0.3, 0.4) is 0 Å². The van der Waals surface area contributed by atoms with E-state index in [1.807, 2.05) is 52.2 Å². The van der Waals surface area contributed by atoms with Gasteiger partial charge in [-0.25, -0.2) is 9.97 Å². The molecule has 0 fully saturated rings. The number of carbonyl (C=O) groups excluding carboxylic acids is 1. The molecule has 1 N–H and O–H groups in total. The second-order valence-corrected chi connectivity index (χ2v) is 6.29. The van der Waals surface area contributed by atoms with E-state index in [1.165, 1.54) is 6.33 Å². The number of nitrogens with one attached hydrogen (secondary N) is 1. The predicted octanol–water partition coefficient (Wildman–Crippen LogP) is 2.46. The molecular formula is C18H22N6O. The topological polar surface area (TPSA) is 75.9 Å². The summed E-state index contributed by atoms with van der Waals surface area (Å²) in [5.74, 6) is 0.778. The number of hydrogen-bond acceptors (Lipinski definition) is 5. The van der Waals surface area contributed by atoms with Gasteiger partial charge >= 0.3 is 0 Å². The lowest BCUT2D eigenvalue weighted by molar-refractivity contribution is 0.0755. The molecule has 0 aliphatic carbocycles. The SMILES string of the molecule is CC(C)N(C)C(=O)c1ccc(CNc2ncnc3c2cnn3C)cc1. The second kappa shape index (κ2) is 6.88. The summed E-state index contributed by atoms with van der Waals surface area (Å²) >= 11 is 0. The first-order valence-electron chi connectivity index (χ1n) is 8.20. The van der Waals surface area contributed by atoms with E-state index >= 15 is 0 Å². The number of carbonyl (C=O) groups is 1. The summed E-state index contributed by atoms with van der Waals surface area (Å²) in [5.41, 5.74) is 2.55. The molecule has 0 spiro atoms. The summed E-state index contributed by atoms with van der Waals surface area (Å²) in [6, 6.07) is 7.80. The lowest BCUT2D eigenvalue weighted by Gasteiger charge is -2.21. The molecule has 0 saturated heterocycles. The third kappa shape index (κ3) is 3.45. The fourth-order valence-corrected chi connectivity index (χ4v) is 2.49.